The fraction of sp³-hybridized carbons (Fsp3) is 0.333. The maximum Gasteiger partial charge on any atom is 0.241 e. The van der Waals surface area contributed by atoms with Crippen molar-refractivity contribution in [2.75, 3.05) is 5.32 Å². The molecule has 16 heavy (non-hydrogen) atoms. The summed E-state index contributed by atoms with van der Waals surface area (Å²) in [7, 11) is 0. The first-order chi connectivity index (χ1) is 7.54. The van der Waals surface area contributed by atoms with E-state index in [-0.39, 0.29) is 11.7 Å². The largest absolute Gasteiger partial charge is 0.325 e. The summed E-state index contributed by atoms with van der Waals surface area (Å²) in [5.41, 5.74) is 6.75. The molecule has 1 rings (SSSR count). The van der Waals surface area contributed by atoms with Gasteiger partial charge in [-0.3, -0.25) is 9.59 Å². The first-order valence-electron chi connectivity index (χ1n) is 5.22. The summed E-state index contributed by atoms with van der Waals surface area (Å²) in [6.45, 7) is 3.33. The second kappa shape index (κ2) is 5.42. The van der Waals surface area contributed by atoms with Gasteiger partial charge in [-0.1, -0.05) is 19.1 Å². The van der Waals surface area contributed by atoms with E-state index in [1.165, 1.54) is 6.92 Å². The van der Waals surface area contributed by atoms with Crippen molar-refractivity contribution in [1.82, 2.24) is 0 Å². The molecule has 0 aliphatic rings. The van der Waals surface area contributed by atoms with Crippen molar-refractivity contribution in [2.45, 2.75) is 26.3 Å². The number of nitrogens with one attached hydrogen (secondary N) is 1. The Labute approximate surface area is 94.8 Å². The van der Waals surface area contributed by atoms with E-state index in [2.05, 4.69) is 5.32 Å². The number of carbonyl (C=O) groups is 2. The Kier molecular flexibility index (Phi) is 4.19. The highest BCUT2D eigenvalue weighted by Gasteiger charge is 2.11. The summed E-state index contributed by atoms with van der Waals surface area (Å²) >= 11 is 0. The Balaban J connectivity index is 2.78. The first-order valence-corrected chi connectivity index (χ1v) is 5.22. The van der Waals surface area contributed by atoms with Crippen LogP contribution < -0.4 is 11.1 Å². The van der Waals surface area contributed by atoms with Gasteiger partial charge in [0.2, 0.25) is 5.91 Å². The molecule has 0 spiro atoms. The molecule has 86 valence electrons. The zero-order valence-corrected chi connectivity index (χ0v) is 9.49. The number of ketones is 1. The third kappa shape index (κ3) is 3.17. The van der Waals surface area contributed by atoms with Crippen molar-refractivity contribution in [3.8, 4) is 0 Å². The quantitative estimate of drug-likeness (QED) is 0.756. The summed E-state index contributed by atoms with van der Waals surface area (Å²) in [6, 6.07) is 6.29. The lowest BCUT2D eigenvalue weighted by Crippen LogP contribution is -2.34. The highest BCUT2D eigenvalue weighted by Crippen LogP contribution is 2.11. The first kappa shape index (κ1) is 12.4. The van der Waals surface area contributed by atoms with Crippen LogP contribution in [0, 0.1) is 0 Å². The lowest BCUT2D eigenvalue weighted by Gasteiger charge is -2.10. The minimum atomic E-state index is -0.513. The topological polar surface area (TPSA) is 72.2 Å². The maximum atomic E-state index is 11.5. The van der Waals surface area contributed by atoms with Crippen LogP contribution in [0.4, 0.5) is 5.69 Å². The Morgan fingerprint density at radius 2 is 2.12 bits per heavy atom. The zero-order chi connectivity index (χ0) is 12.1. The average Bonchev–Trinajstić information content (AvgIpc) is 2.28. The Hall–Kier alpha value is -1.68. The number of carbonyl (C=O) groups excluding carboxylic acids is 2. The fourth-order valence-corrected chi connectivity index (χ4v) is 1.24. The van der Waals surface area contributed by atoms with E-state index in [0.717, 1.165) is 0 Å². The molecule has 0 saturated heterocycles. The van der Waals surface area contributed by atoms with Crippen molar-refractivity contribution in [3.05, 3.63) is 29.8 Å². The lowest BCUT2D eigenvalue weighted by molar-refractivity contribution is -0.117. The number of Topliss-reactive ketones (excluding diaryl/α,β-unsaturated/α-hetero) is 1. The SMILES string of the molecule is CC[C@H](N)C(=O)Nc1cccc(C(C)=O)c1. The average molecular weight is 220 g/mol. The monoisotopic (exact) mass is 220 g/mol. The van der Waals surface area contributed by atoms with Crippen LogP contribution in [0.25, 0.3) is 0 Å². The van der Waals surface area contributed by atoms with Crippen LogP contribution in [0.5, 0.6) is 0 Å². The molecule has 0 bridgehead atoms. The summed E-state index contributed by atoms with van der Waals surface area (Å²) in [4.78, 5) is 22.6. The van der Waals surface area contributed by atoms with Crippen LogP contribution in [0.3, 0.4) is 0 Å². The van der Waals surface area contributed by atoms with E-state index in [1.54, 1.807) is 24.3 Å². The van der Waals surface area contributed by atoms with E-state index in [0.29, 0.717) is 17.7 Å². The number of benzene rings is 1. The molecule has 0 heterocycles. The molecule has 3 N–H and O–H groups in total. The number of anilines is 1. The van der Waals surface area contributed by atoms with Crippen molar-refractivity contribution >= 4 is 17.4 Å². The zero-order valence-electron chi connectivity index (χ0n) is 9.49. The van der Waals surface area contributed by atoms with Gasteiger partial charge in [0.15, 0.2) is 5.78 Å². The minimum Gasteiger partial charge on any atom is -0.325 e. The summed E-state index contributed by atoms with van der Waals surface area (Å²) < 4.78 is 0. The molecule has 0 saturated carbocycles. The molecule has 1 amide bonds. The number of amides is 1. The van der Waals surface area contributed by atoms with Gasteiger partial charge in [-0.2, -0.15) is 0 Å². The van der Waals surface area contributed by atoms with E-state index in [4.69, 9.17) is 5.73 Å². The van der Waals surface area contributed by atoms with Crippen LogP contribution in [0.15, 0.2) is 24.3 Å². The molecule has 1 aromatic carbocycles. The van der Waals surface area contributed by atoms with Gasteiger partial charge in [-0.05, 0) is 25.5 Å². The van der Waals surface area contributed by atoms with Gasteiger partial charge in [0, 0.05) is 11.3 Å². The van der Waals surface area contributed by atoms with Crippen LogP contribution in [0.2, 0.25) is 0 Å². The molecule has 0 aliphatic carbocycles. The predicted octanol–water partition coefficient (Wildman–Crippen LogP) is 1.56. The standard InChI is InChI=1S/C12H16N2O2/c1-3-11(13)12(16)14-10-6-4-5-9(7-10)8(2)15/h4-7,11H,3,13H2,1-2H3,(H,14,16)/t11-/m0/s1. The molecule has 0 aliphatic heterocycles. The highest BCUT2D eigenvalue weighted by atomic mass is 16.2. The van der Waals surface area contributed by atoms with Crippen LogP contribution in [0.1, 0.15) is 30.6 Å². The van der Waals surface area contributed by atoms with Crippen LogP contribution >= 0.6 is 0 Å². The molecule has 0 aromatic heterocycles. The van der Waals surface area contributed by atoms with Crippen molar-refractivity contribution in [3.63, 3.8) is 0 Å². The fourth-order valence-electron chi connectivity index (χ4n) is 1.24. The number of hydrogen-bond donors (Lipinski definition) is 2. The van der Waals surface area contributed by atoms with E-state index < -0.39 is 6.04 Å². The maximum absolute atomic E-state index is 11.5. The molecular formula is C12H16N2O2. The Morgan fingerprint density at radius 1 is 1.44 bits per heavy atom. The van der Waals surface area contributed by atoms with Crippen molar-refractivity contribution in [2.24, 2.45) is 5.73 Å². The van der Waals surface area contributed by atoms with E-state index in [9.17, 15) is 9.59 Å². The number of hydrogen-bond acceptors (Lipinski definition) is 3. The molecule has 0 fully saturated rings. The van der Waals surface area contributed by atoms with Gasteiger partial charge in [0.05, 0.1) is 6.04 Å². The Bertz CT molecular complexity index is 402. The summed E-state index contributed by atoms with van der Waals surface area (Å²) in [6.07, 6.45) is 0.582. The van der Waals surface area contributed by atoms with E-state index in [1.807, 2.05) is 6.92 Å². The molecule has 0 unspecified atom stereocenters. The lowest BCUT2D eigenvalue weighted by atomic mass is 10.1. The van der Waals surface area contributed by atoms with Gasteiger partial charge in [-0.25, -0.2) is 0 Å². The molecule has 1 aromatic rings. The normalized spacial score (nSPS) is 11.9. The third-order valence-electron chi connectivity index (χ3n) is 2.31. The van der Waals surface area contributed by atoms with Gasteiger partial charge < -0.3 is 11.1 Å². The minimum absolute atomic E-state index is 0.0316. The van der Waals surface area contributed by atoms with Gasteiger partial charge in [-0.15, -0.1) is 0 Å². The van der Waals surface area contributed by atoms with E-state index >= 15 is 0 Å². The Morgan fingerprint density at radius 3 is 2.69 bits per heavy atom. The highest BCUT2D eigenvalue weighted by molar-refractivity contribution is 5.98. The predicted molar refractivity (Wildman–Crippen MR) is 63.3 cm³/mol. The molecule has 4 nitrogen and oxygen atoms in total. The van der Waals surface area contributed by atoms with Crippen LogP contribution in [-0.2, 0) is 4.79 Å². The molecular weight excluding hydrogens is 204 g/mol. The second-order valence-corrected chi connectivity index (χ2v) is 3.64. The smallest absolute Gasteiger partial charge is 0.241 e. The third-order valence-corrected chi connectivity index (χ3v) is 2.31. The number of nitrogens with two attached hydrogens (primary N) is 1. The van der Waals surface area contributed by atoms with Crippen molar-refractivity contribution < 1.29 is 9.59 Å². The summed E-state index contributed by atoms with van der Waals surface area (Å²) in [5.74, 6) is -0.265. The summed E-state index contributed by atoms with van der Waals surface area (Å²) in [5, 5.41) is 2.67. The molecule has 0 radical (unpaired) electrons. The van der Waals surface area contributed by atoms with Crippen molar-refractivity contribution in [1.29, 1.82) is 0 Å². The molecule has 1 atom stereocenters. The second-order valence-electron chi connectivity index (χ2n) is 3.64. The van der Waals surface area contributed by atoms with Crippen LogP contribution in [-0.4, -0.2) is 17.7 Å². The van der Waals surface area contributed by atoms with Gasteiger partial charge >= 0.3 is 0 Å². The van der Waals surface area contributed by atoms with Gasteiger partial charge in [0.1, 0.15) is 0 Å². The molecule has 4 heteroatoms. The van der Waals surface area contributed by atoms with Gasteiger partial charge in [0.25, 0.3) is 0 Å². The number of rotatable bonds is 4.